The van der Waals surface area contributed by atoms with Crippen LogP contribution in [0.3, 0.4) is 0 Å². The summed E-state index contributed by atoms with van der Waals surface area (Å²) >= 11 is 0. The van der Waals surface area contributed by atoms with Crippen molar-refractivity contribution in [3.05, 3.63) is 72.9 Å². The summed E-state index contributed by atoms with van der Waals surface area (Å²) in [5.74, 6) is -1.00. The molecule has 0 spiro atoms. The Balaban J connectivity index is 4.49. The maximum atomic E-state index is 12.8. The molecule has 0 aromatic rings. The quantitative estimate of drug-likeness (QED) is 0.0262. The van der Waals surface area contributed by atoms with Crippen molar-refractivity contribution in [3.63, 3.8) is 0 Å². The van der Waals surface area contributed by atoms with Crippen LogP contribution in [0.5, 0.6) is 0 Å². The molecule has 1 atom stereocenters. The van der Waals surface area contributed by atoms with Crippen LogP contribution in [-0.2, 0) is 28.6 Å². The molecule has 62 heavy (non-hydrogen) atoms. The summed E-state index contributed by atoms with van der Waals surface area (Å²) in [6.45, 7) is 6.44. The Hall–Kier alpha value is -3.15. The highest BCUT2D eigenvalue weighted by Gasteiger charge is 2.19. The standard InChI is InChI=1S/C56H96O6/c1-4-7-10-13-16-19-22-25-27-29-31-34-37-40-43-46-49-55(58)61-52-53(51-60-54(57)48-45-42-39-36-33-30-24-21-18-15-12-9-6-3)62-56(59)50-47-44-41-38-35-32-28-26-23-20-17-14-11-8-5-2/h7,10,16,19,25,27,30-31,33-34,40,43,53H,4-6,8-9,11-15,17-18,20-24,26,28-29,32,35-39,41-42,44-52H2,1-3H3/b10-7-,19-16-,27-25-,33-30-,34-31-,43-40-. The van der Waals surface area contributed by atoms with Crippen molar-refractivity contribution in [2.24, 2.45) is 0 Å². The number of esters is 3. The van der Waals surface area contributed by atoms with E-state index in [1.54, 1.807) is 0 Å². The van der Waals surface area contributed by atoms with E-state index in [-0.39, 0.29) is 37.5 Å². The molecule has 6 heteroatoms. The maximum absolute atomic E-state index is 12.8. The second-order valence-electron chi connectivity index (χ2n) is 17.1. The average molecular weight is 865 g/mol. The van der Waals surface area contributed by atoms with E-state index < -0.39 is 6.10 Å². The number of hydrogen-bond donors (Lipinski definition) is 0. The second kappa shape index (κ2) is 50.5. The van der Waals surface area contributed by atoms with Gasteiger partial charge in [-0.05, 0) is 77.0 Å². The minimum absolute atomic E-state index is 0.105. The number of carbonyl (C=O) groups excluding carboxylic acids is 3. The van der Waals surface area contributed by atoms with Gasteiger partial charge in [-0.15, -0.1) is 0 Å². The lowest BCUT2D eigenvalue weighted by Gasteiger charge is -2.18. The van der Waals surface area contributed by atoms with Crippen LogP contribution in [0.25, 0.3) is 0 Å². The number of carbonyl (C=O) groups is 3. The summed E-state index contributed by atoms with van der Waals surface area (Å²) in [6.07, 6.45) is 63.3. The van der Waals surface area contributed by atoms with Crippen LogP contribution in [0.15, 0.2) is 72.9 Å². The SMILES string of the molecule is CC/C=C\C/C=C\C/C=C\C/C=C\C/C=C\CCC(=O)OCC(COC(=O)CCCCC/C=C\CCCCCCCC)OC(=O)CCCCCCCCCCCCCCCCC. The van der Waals surface area contributed by atoms with E-state index in [1.807, 2.05) is 6.08 Å². The van der Waals surface area contributed by atoms with E-state index >= 15 is 0 Å². The third kappa shape index (κ3) is 47.9. The number of hydrogen-bond acceptors (Lipinski definition) is 6. The van der Waals surface area contributed by atoms with Crippen LogP contribution in [0.4, 0.5) is 0 Å². The molecule has 0 aliphatic carbocycles. The molecule has 0 rings (SSSR count). The van der Waals surface area contributed by atoms with Gasteiger partial charge in [0.15, 0.2) is 6.10 Å². The molecule has 0 fully saturated rings. The third-order valence-corrected chi connectivity index (χ3v) is 11.0. The van der Waals surface area contributed by atoms with E-state index in [4.69, 9.17) is 14.2 Å². The molecular formula is C56H96O6. The van der Waals surface area contributed by atoms with E-state index in [0.717, 1.165) is 83.5 Å². The van der Waals surface area contributed by atoms with Gasteiger partial charge >= 0.3 is 17.9 Å². The van der Waals surface area contributed by atoms with Gasteiger partial charge < -0.3 is 14.2 Å². The number of rotatable bonds is 46. The topological polar surface area (TPSA) is 78.9 Å². The first-order chi connectivity index (χ1) is 30.5. The van der Waals surface area contributed by atoms with Crippen molar-refractivity contribution in [2.45, 2.75) is 252 Å². The summed E-state index contributed by atoms with van der Waals surface area (Å²) in [7, 11) is 0. The van der Waals surface area contributed by atoms with Gasteiger partial charge in [-0.3, -0.25) is 14.4 Å². The van der Waals surface area contributed by atoms with Gasteiger partial charge in [0.25, 0.3) is 0 Å². The van der Waals surface area contributed by atoms with Crippen molar-refractivity contribution in [1.82, 2.24) is 0 Å². The summed E-state index contributed by atoms with van der Waals surface area (Å²) in [5, 5.41) is 0. The molecule has 0 aromatic carbocycles. The number of ether oxygens (including phenoxy) is 3. The van der Waals surface area contributed by atoms with Crippen LogP contribution in [0, 0.1) is 0 Å². The van der Waals surface area contributed by atoms with Crippen molar-refractivity contribution in [1.29, 1.82) is 0 Å². The predicted octanol–water partition coefficient (Wildman–Crippen LogP) is 17.0. The van der Waals surface area contributed by atoms with Gasteiger partial charge in [0.2, 0.25) is 0 Å². The zero-order chi connectivity index (χ0) is 45.1. The van der Waals surface area contributed by atoms with E-state index in [9.17, 15) is 14.4 Å². The van der Waals surface area contributed by atoms with Crippen molar-refractivity contribution in [3.8, 4) is 0 Å². The van der Waals surface area contributed by atoms with Crippen LogP contribution in [0.1, 0.15) is 245 Å². The molecule has 0 bridgehead atoms. The highest BCUT2D eigenvalue weighted by Crippen LogP contribution is 2.15. The Labute approximate surface area is 382 Å². The molecular weight excluding hydrogens is 769 g/mol. The molecule has 0 saturated heterocycles. The van der Waals surface area contributed by atoms with E-state index in [0.29, 0.717) is 19.3 Å². The van der Waals surface area contributed by atoms with Crippen molar-refractivity contribution >= 4 is 17.9 Å². The Morgan fingerprint density at radius 2 is 0.661 bits per heavy atom. The van der Waals surface area contributed by atoms with Crippen LogP contribution >= 0.6 is 0 Å². The molecule has 6 nitrogen and oxygen atoms in total. The lowest BCUT2D eigenvalue weighted by atomic mass is 10.0. The Morgan fingerprint density at radius 3 is 1.10 bits per heavy atom. The van der Waals surface area contributed by atoms with E-state index in [1.165, 1.54) is 116 Å². The summed E-state index contributed by atoms with van der Waals surface area (Å²) in [6, 6.07) is 0. The zero-order valence-corrected chi connectivity index (χ0v) is 40.6. The number of allylic oxidation sites excluding steroid dienone is 12. The van der Waals surface area contributed by atoms with Gasteiger partial charge in [0.05, 0.1) is 0 Å². The number of unbranched alkanes of at least 4 members (excludes halogenated alkanes) is 23. The summed E-state index contributed by atoms with van der Waals surface area (Å²) < 4.78 is 16.7. The molecule has 0 heterocycles. The van der Waals surface area contributed by atoms with Crippen LogP contribution < -0.4 is 0 Å². The van der Waals surface area contributed by atoms with E-state index in [2.05, 4.69) is 87.6 Å². The smallest absolute Gasteiger partial charge is 0.306 e. The first kappa shape index (κ1) is 58.9. The molecule has 0 aromatic heterocycles. The maximum Gasteiger partial charge on any atom is 0.306 e. The minimum atomic E-state index is -0.808. The van der Waals surface area contributed by atoms with Gasteiger partial charge in [0, 0.05) is 19.3 Å². The molecule has 0 aliphatic heterocycles. The largest absolute Gasteiger partial charge is 0.462 e. The fourth-order valence-corrected chi connectivity index (χ4v) is 7.07. The van der Waals surface area contributed by atoms with Gasteiger partial charge in [-0.25, -0.2) is 0 Å². The normalized spacial score (nSPS) is 12.6. The molecule has 0 saturated carbocycles. The van der Waals surface area contributed by atoms with Crippen LogP contribution in [0.2, 0.25) is 0 Å². The van der Waals surface area contributed by atoms with Gasteiger partial charge in [-0.2, -0.15) is 0 Å². The fraction of sp³-hybridized carbons (Fsp3) is 0.732. The predicted molar refractivity (Wildman–Crippen MR) is 265 cm³/mol. The van der Waals surface area contributed by atoms with Gasteiger partial charge in [-0.1, -0.05) is 222 Å². The van der Waals surface area contributed by atoms with Crippen molar-refractivity contribution < 1.29 is 28.6 Å². The van der Waals surface area contributed by atoms with Crippen LogP contribution in [-0.4, -0.2) is 37.2 Å². The van der Waals surface area contributed by atoms with Gasteiger partial charge in [0.1, 0.15) is 13.2 Å². The lowest BCUT2D eigenvalue weighted by Crippen LogP contribution is -2.30. The fourth-order valence-electron chi connectivity index (χ4n) is 7.07. The molecule has 1 unspecified atom stereocenters. The second-order valence-corrected chi connectivity index (χ2v) is 17.1. The Kier molecular flexibility index (Phi) is 47.9. The molecule has 0 radical (unpaired) electrons. The third-order valence-electron chi connectivity index (χ3n) is 11.0. The minimum Gasteiger partial charge on any atom is -0.462 e. The Bertz CT molecular complexity index is 1180. The lowest BCUT2D eigenvalue weighted by molar-refractivity contribution is -0.166. The highest BCUT2D eigenvalue weighted by molar-refractivity contribution is 5.71. The average Bonchev–Trinajstić information content (AvgIpc) is 3.27. The summed E-state index contributed by atoms with van der Waals surface area (Å²) in [5.41, 5.74) is 0. The zero-order valence-electron chi connectivity index (χ0n) is 40.6. The van der Waals surface area contributed by atoms with Crippen molar-refractivity contribution in [2.75, 3.05) is 13.2 Å². The highest BCUT2D eigenvalue weighted by atomic mass is 16.6. The molecule has 0 aliphatic rings. The Morgan fingerprint density at radius 1 is 0.339 bits per heavy atom. The first-order valence-electron chi connectivity index (χ1n) is 25.9. The molecule has 356 valence electrons. The first-order valence-corrected chi connectivity index (χ1v) is 25.9. The monoisotopic (exact) mass is 865 g/mol. The summed E-state index contributed by atoms with van der Waals surface area (Å²) in [4.78, 5) is 37.9. The molecule has 0 N–H and O–H groups in total. The molecule has 0 amide bonds.